The Morgan fingerprint density at radius 2 is 1.67 bits per heavy atom. The molecule has 1 aliphatic rings. The van der Waals surface area contributed by atoms with Crippen LogP contribution < -0.4 is 4.90 Å². The number of alkyl halides is 3. The maximum Gasteiger partial charge on any atom is 0.416 e. The Morgan fingerprint density at radius 3 is 2.26 bits per heavy atom. The number of benzene rings is 3. The minimum atomic E-state index is -4.51. The maximum absolute atomic E-state index is 13.4. The fourth-order valence-corrected chi connectivity index (χ4v) is 6.44. The molecule has 1 unspecified atom stereocenters. The van der Waals surface area contributed by atoms with Gasteiger partial charge in [0.05, 0.1) is 40.0 Å². The first-order chi connectivity index (χ1) is 22.0. The van der Waals surface area contributed by atoms with Crippen molar-refractivity contribution in [3.63, 3.8) is 0 Å². The topological polar surface area (TPSA) is 72.0 Å². The average Bonchev–Trinajstić information content (AvgIpc) is 3.71. The summed E-state index contributed by atoms with van der Waals surface area (Å²) < 4.78 is 43.8. The molecule has 6 aromatic rings. The van der Waals surface area contributed by atoms with E-state index in [0.717, 1.165) is 59.8 Å². The van der Waals surface area contributed by atoms with Gasteiger partial charge in [-0.25, -0.2) is 14.6 Å². The Kier molecular flexibility index (Phi) is 7.37. The van der Waals surface area contributed by atoms with Gasteiger partial charge in [-0.3, -0.25) is 0 Å². The number of halogens is 4. The molecule has 3 aromatic heterocycles. The summed E-state index contributed by atoms with van der Waals surface area (Å²) in [5.41, 5.74) is 2.80. The quantitative estimate of drug-likeness (QED) is 0.199. The average molecular weight is 643 g/mol. The van der Waals surface area contributed by atoms with Gasteiger partial charge in [-0.05, 0) is 72.0 Å². The number of aromatic nitrogens is 5. The van der Waals surface area contributed by atoms with E-state index in [4.69, 9.17) is 16.6 Å². The van der Waals surface area contributed by atoms with Crippen molar-refractivity contribution in [1.82, 2.24) is 24.3 Å². The summed E-state index contributed by atoms with van der Waals surface area (Å²) in [6.45, 7) is 3.66. The van der Waals surface area contributed by atoms with Crippen LogP contribution in [-0.2, 0) is 25.2 Å². The minimum Gasteiger partial charge on any atom is -0.374 e. The number of aryl methyl sites for hydroxylation is 2. The Bertz CT molecular complexity index is 2030. The van der Waals surface area contributed by atoms with Gasteiger partial charge in [-0.2, -0.15) is 18.3 Å². The summed E-state index contributed by atoms with van der Waals surface area (Å²) in [6.07, 6.45) is 3.77. The minimum absolute atomic E-state index is 0.265. The monoisotopic (exact) mass is 642 g/mol. The summed E-state index contributed by atoms with van der Waals surface area (Å²) in [6, 6.07) is 18.2. The molecule has 1 saturated heterocycles. The molecular formula is C35H30ClF3N6O. The van der Waals surface area contributed by atoms with E-state index < -0.39 is 17.3 Å². The van der Waals surface area contributed by atoms with E-state index in [1.54, 1.807) is 34.9 Å². The van der Waals surface area contributed by atoms with Gasteiger partial charge in [-0.1, -0.05) is 41.9 Å². The first-order valence-corrected chi connectivity index (χ1v) is 15.3. The maximum atomic E-state index is 13.4. The summed E-state index contributed by atoms with van der Waals surface area (Å²) in [5.74, 6) is 0.834. The third-order valence-corrected chi connectivity index (χ3v) is 9.20. The van der Waals surface area contributed by atoms with E-state index >= 15 is 0 Å². The number of imidazole rings is 1. The third-order valence-electron chi connectivity index (χ3n) is 8.77. The molecule has 0 radical (unpaired) electrons. The summed E-state index contributed by atoms with van der Waals surface area (Å²) in [5, 5.41) is 18.0. The standard InChI is InChI=1S/C35H30ClF3N6O/c1-22-17-26(34(46,30-20-40-21-43(30)2)24-7-9-25(10-8-24)35(37,38)39)19-28-31(36)29(33(42-32(22)28)44-14-4-15-44)18-23-5-11-27(12-6-23)45-16-3-13-41-45/h3,5-13,16-17,19-21,46H,4,14-15,18H2,1-2H3. The summed E-state index contributed by atoms with van der Waals surface area (Å²) in [4.78, 5) is 11.6. The molecule has 7 rings (SSSR count). The van der Waals surface area contributed by atoms with E-state index in [-0.39, 0.29) is 5.56 Å². The molecule has 3 aromatic carbocycles. The lowest BCUT2D eigenvalue weighted by Gasteiger charge is -2.35. The highest BCUT2D eigenvalue weighted by Gasteiger charge is 2.39. The number of aliphatic hydroxyl groups is 1. The molecule has 11 heteroatoms. The molecule has 0 aliphatic carbocycles. The lowest BCUT2D eigenvalue weighted by molar-refractivity contribution is -0.137. The molecule has 0 bridgehead atoms. The van der Waals surface area contributed by atoms with Crippen LogP contribution in [0.3, 0.4) is 0 Å². The van der Waals surface area contributed by atoms with Crippen molar-refractivity contribution in [3.05, 3.63) is 136 Å². The van der Waals surface area contributed by atoms with E-state index in [1.807, 2.05) is 49.5 Å². The summed E-state index contributed by atoms with van der Waals surface area (Å²) >= 11 is 7.30. The van der Waals surface area contributed by atoms with E-state index in [2.05, 4.69) is 15.0 Å². The Balaban J connectivity index is 1.38. The van der Waals surface area contributed by atoms with Crippen LogP contribution in [0.25, 0.3) is 16.6 Å². The second-order valence-electron chi connectivity index (χ2n) is 11.7. The number of hydrogen-bond acceptors (Lipinski definition) is 5. The number of pyridine rings is 1. The molecular weight excluding hydrogens is 613 g/mol. The van der Waals surface area contributed by atoms with E-state index in [9.17, 15) is 18.3 Å². The second kappa shape index (κ2) is 11.3. The molecule has 1 fully saturated rings. The molecule has 1 atom stereocenters. The van der Waals surface area contributed by atoms with Crippen LogP contribution in [0.5, 0.6) is 0 Å². The van der Waals surface area contributed by atoms with Crippen molar-refractivity contribution >= 4 is 28.3 Å². The van der Waals surface area contributed by atoms with Gasteiger partial charge in [-0.15, -0.1) is 0 Å². The van der Waals surface area contributed by atoms with Crippen LogP contribution in [0, 0.1) is 6.92 Å². The zero-order valence-corrected chi connectivity index (χ0v) is 25.9. The second-order valence-corrected chi connectivity index (χ2v) is 12.1. The molecule has 1 aliphatic heterocycles. The summed E-state index contributed by atoms with van der Waals surface area (Å²) in [7, 11) is 1.73. The largest absolute Gasteiger partial charge is 0.416 e. The van der Waals surface area contributed by atoms with Crippen molar-refractivity contribution < 1.29 is 18.3 Å². The molecule has 0 spiro atoms. The number of fused-ring (bicyclic) bond motifs is 1. The fraction of sp³-hybridized carbons (Fsp3) is 0.229. The van der Waals surface area contributed by atoms with Crippen molar-refractivity contribution in [2.75, 3.05) is 18.0 Å². The van der Waals surface area contributed by atoms with E-state index in [1.165, 1.54) is 18.3 Å². The molecule has 46 heavy (non-hydrogen) atoms. The van der Waals surface area contributed by atoms with Crippen molar-refractivity contribution in [2.45, 2.75) is 31.5 Å². The van der Waals surface area contributed by atoms with Crippen molar-refractivity contribution in [1.29, 1.82) is 0 Å². The van der Waals surface area contributed by atoms with Crippen LogP contribution in [0.1, 0.15) is 45.5 Å². The lowest BCUT2D eigenvalue weighted by atomic mass is 9.81. The Hall–Kier alpha value is -4.67. The van der Waals surface area contributed by atoms with Crippen LogP contribution in [0.4, 0.5) is 19.0 Å². The normalized spacial score (nSPS) is 14.8. The Labute approximate surface area is 268 Å². The van der Waals surface area contributed by atoms with Gasteiger partial charge in [0.15, 0.2) is 5.60 Å². The predicted molar refractivity (Wildman–Crippen MR) is 171 cm³/mol. The van der Waals surface area contributed by atoms with Gasteiger partial charge >= 0.3 is 6.18 Å². The lowest BCUT2D eigenvalue weighted by Crippen LogP contribution is -2.38. The fourth-order valence-electron chi connectivity index (χ4n) is 6.15. The molecule has 234 valence electrons. The first kappa shape index (κ1) is 30.0. The molecule has 7 nitrogen and oxygen atoms in total. The highest BCUT2D eigenvalue weighted by molar-refractivity contribution is 6.36. The molecule has 0 saturated carbocycles. The van der Waals surface area contributed by atoms with Crippen LogP contribution in [-0.4, -0.2) is 42.5 Å². The van der Waals surface area contributed by atoms with Crippen LogP contribution in [0.2, 0.25) is 5.02 Å². The number of anilines is 1. The Morgan fingerprint density at radius 1 is 0.957 bits per heavy atom. The van der Waals surface area contributed by atoms with Gasteiger partial charge < -0.3 is 14.6 Å². The molecule has 0 amide bonds. The van der Waals surface area contributed by atoms with Crippen LogP contribution in [0.15, 0.2) is 91.6 Å². The molecule has 1 N–H and O–H groups in total. The first-order valence-electron chi connectivity index (χ1n) is 14.9. The SMILES string of the molecule is Cc1cc(C(O)(c2ccc(C(F)(F)F)cc2)c2cncn2C)cc2c(Cl)c(Cc3ccc(-n4cccn4)cc3)c(N3CCC3)nc12. The number of rotatable bonds is 7. The van der Waals surface area contributed by atoms with Gasteiger partial charge in [0.25, 0.3) is 0 Å². The highest BCUT2D eigenvalue weighted by atomic mass is 35.5. The zero-order chi connectivity index (χ0) is 32.2. The van der Waals surface area contributed by atoms with Crippen molar-refractivity contribution in [2.24, 2.45) is 7.05 Å². The number of hydrogen-bond donors (Lipinski definition) is 1. The van der Waals surface area contributed by atoms with Crippen LogP contribution >= 0.6 is 11.6 Å². The molecule has 4 heterocycles. The smallest absolute Gasteiger partial charge is 0.374 e. The predicted octanol–water partition coefficient (Wildman–Crippen LogP) is 7.22. The number of nitrogens with zero attached hydrogens (tertiary/aromatic N) is 6. The third kappa shape index (κ3) is 5.11. The van der Waals surface area contributed by atoms with Gasteiger partial charge in [0.1, 0.15) is 5.82 Å². The highest BCUT2D eigenvalue weighted by Crippen LogP contribution is 2.43. The van der Waals surface area contributed by atoms with Gasteiger partial charge in [0.2, 0.25) is 0 Å². The van der Waals surface area contributed by atoms with E-state index in [0.29, 0.717) is 33.6 Å². The van der Waals surface area contributed by atoms with Crippen molar-refractivity contribution in [3.8, 4) is 5.69 Å². The zero-order valence-electron chi connectivity index (χ0n) is 25.1. The van der Waals surface area contributed by atoms with Gasteiger partial charge in [0, 0.05) is 49.9 Å².